The van der Waals surface area contributed by atoms with Gasteiger partial charge in [-0.15, -0.1) is 0 Å². The lowest BCUT2D eigenvalue weighted by molar-refractivity contribution is -0.144. The van der Waals surface area contributed by atoms with Crippen molar-refractivity contribution in [2.75, 3.05) is 6.61 Å². The Labute approximate surface area is 193 Å². The van der Waals surface area contributed by atoms with Gasteiger partial charge in [0.05, 0.1) is 5.56 Å². The molecule has 0 saturated heterocycles. The van der Waals surface area contributed by atoms with E-state index >= 15 is 4.39 Å². The molecule has 0 spiro atoms. The zero-order valence-electron chi connectivity index (χ0n) is 19.1. The molecule has 33 heavy (non-hydrogen) atoms. The number of halogens is 2. The fraction of sp³-hybridized carbons (Fsp3) is 0.269. The van der Waals surface area contributed by atoms with Crippen molar-refractivity contribution in [2.24, 2.45) is 0 Å². The van der Waals surface area contributed by atoms with E-state index in [-0.39, 0.29) is 5.75 Å². The third-order valence-electron chi connectivity index (χ3n) is 5.55. The third-order valence-corrected chi connectivity index (χ3v) is 10.5. The summed E-state index contributed by atoms with van der Waals surface area (Å²) >= 11 is 0. The molecule has 0 bridgehead atoms. The maximum absolute atomic E-state index is 15.6. The number of esters is 1. The number of aliphatic hydroxyl groups is 1. The van der Waals surface area contributed by atoms with Crippen molar-refractivity contribution >= 4 is 24.7 Å². The summed E-state index contributed by atoms with van der Waals surface area (Å²) in [5.74, 6) is -2.78. The summed E-state index contributed by atoms with van der Waals surface area (Å²) < 4.78 is 41.5. The molecule has 1 N–H and O–H groups in total. The van der Waals surface area contributed by atoms with Gasteiger partial charge in [-0.2, -0.15) is 0 Å². The molecule has 0 aromatic heterocycles. The summed E-state index contributed by atoms with van der Waals surface area (Å²) in [4.78, 5) is 11.1. The van der Waals surface area contributed by atoms with Gasteiger partial charge < -0.3 is 14.3 Å². The molecule has 0 aliphatic rings. The first-order valence-electron chi connectivity index (χ1n) is 10.7. The predicted octanol–water partition coefficient (Wildman–Crippen LogP) is 4.50. The molecule has 0 amide bonds. The van der Waals surface area contributed by atoms with E-state index in [1.807, 2.05) is 81.4 Å². The second kappa shape index (κ2) is 9.85. The highest BCUT2D eigenvalue weighted by Crippen LogP contribution is 2.39. The highest BCUT2D eigenvalue weighted by molar-refractivity contribution is 7.00. The van der Waals surface area contributed by atoms with Gasteiger partial charge in [-0.1, -0.05) is 81.4 Å². The van der Waals surface area contributed by atoms with Crippen molar-refractivity contribution in [3.63, 3.8) is 0 Å². The average Bonchev–Trinajstić information content (AvgIpc) is 2.78. The first kappa shape index (κ1) is 24.6. The maximum Gasteiger partial charge on any atom is 0.320 e. The lowest BCUT2D eigenvalue weighted by Gasteiger charge is -2.43. The summed E-state index contributed by atoms with van der Waals surface area (Å²) in [6.45, 7) is 6.71. The van der Waals surface area contributed by atoms with E-state index in [0.717, 1.165) is 23.4 Å². The van der Waals surface area contributed by atoms with Gasteiger partial charge in [0.15, 0.2) is 5.82 Å². The fourth-order valence-corrected chi connectivity index (χ4v) is 8.45. The molecule has 1 unspecified atom stereocenters. The lowest BCUT2D eigenvalue weighted by atomic mass is 10.1. The van der Waals surface area contributed by atoms with Crippen LogP contribution in [0.25, 0.3) is 0 Å². The van der Waals surface area contributed by atoms with E-state index in [0.29, 0.717) is 0 Å². The maximum atomic E-state index is 15.6. The quantitative estimate of drug-likeness (QED) is 0.408. The molecule has 0 heterocycles. The Hall–Kier alpha value is -3.03. The molecule has 0 aliphatic carbocycles. The summed E-state index contributed by atoms with van der Waals surface area (Å²) in [5.41, 5.74) is -0.591. The van der Waals surface area contributed by atoms with Gasteiger partial charge in [0, 0.05) is 6.92 Å². The Morgan fingerprint density at radius 1 is 0.939 bits per heavy atom. The number of ether oxygens (including phenoxy) is 1. The van der Waals surface area contributed by atoms with E-state index < -0.39 is 49.2 Å². The summed E-state index contributed by atoms with van der Waals surface area (Å²) in [6.07, 6.45) is -1.67. The second-order valence-corrected chi connectivity index (χ2v) is 13.1. The molecular weight excluding hydrogens is 442 g/mol. The van der Waals surface area contributed by atoms with Gasteiger partial charge in [0.1, 0.15) is 24.3 Å². The van der Waals surface area contributed by atoms with Crippen LogP contribution in [-0.2, 0) is 9.53 Å². The van der Waals surface area contributed by atoms with E-state index in [9.17, 15) is 14.3 Å². The Morgan fingerprint density at radius 2 is 1.45 bits per heavy atom. The normalized spacial score (nSPS) is 12.8. The number of hydrogen-bond donors (Lipinski definition) is 1. The Balaban J connectivity index is 2.19. The minimum atomic E-state index is -3.16. The van der Waals surface area contributed by atoms with E-state index in [1.165, 1.54) is 6.07 Å². The summed E-state index contributed by atoms with van der Waals surface area (Å²) in [7, 11) is -3.16. The highest BCUT2D eigenvalue weighted by Gasteiger charge is 2.52. The topological polar surface area (TPSA) is 55.8 Å². The van der Waals surface area contributed by atoms with Crippen LogP contribution in [0.4, 0.5) is 8.78 Å². The molecule has 3 aromatic rings. The number of carbonyl (C=O) groups is 1. The van der Waals surface area contributed by atoms with Crippen molar-refractivity contribution < 1.29 is 27.8 Å². The molecule has 4 nitrogen and oxygen atoms in total. The van der Waals surface area contributed by atoms with Crippen LogP contribution in [0.3, 0.4) is 0 Å². The van der Waals surface area contributed by atoms with Gasteiger partial charge in [-0.05, 0) is 27.5 Å². The van der Waals surface area contributed by atoms with Gasteiger partial charge >= 0.3 is 14.3 Å². The zero-order chi connectivity index (χ0) is 24.2. The molecule has 0 aliphatic heterocycles. The van der Waals surface area contributed by atoms with Crippen LogP contribution in [0.1, 0.15) is 39.4 Å². The Kier molecular flexibility index (Phi) is 7.34. The standard InChI is InChI=1S/C26H28F2O4Si/c1-18(29)31-17-22(30)24-21(27)15-16-23(25(24)28)32-33(26(2,3)4,19-11-7-5-8-12-19)20-13-9-6-10-14-20/h5-16,22,30H,17H2,1-4H3. The third kappa shape index (κ3) is 4.99. The zero-order valence-corrected chi connectivity index (χ0v) is 20.1. The number of hydrogen-bond acceptors (Lipinski definition) is 4. The first-order valence-corrected chi connectivity index (χ1v) is 12.6. The van der Waals surface area contributed by atoms with E-state index in [2.05, 4.69) is 0 Å². The molecular formula is C26H28F2O4Si. The van der Waals surface area contributed by atoms with Gasteiger partial charge in [-0.3, -0.25) is 4.79 Å². The van der Waals surface area contributed by atoms with Crippen LogP contribution in [-0.4, -0.2) is 26.0 Å². The van der Waals surface area contributed by atoms with Crippen LogP contribution >= 0.6 is 0 Å². The van der Waals surface area contributed by atoms with E-state index in [1.54, 1.807) is 0 Å². The Bertz CT molecular complexity index is 1060. The van der Waals surface area contributed by atoms with Gasteiger partial charge in [0.25, 0.3) is 0 Å². The summed E-state index contributed by atoms with van der Waals surface area (Å²) in [6, 6.07) is 21.6. The van der Waals surface area contributed by atoms with Crippen molar-refractivity contribution in [3.8, 4) is 5.75 Å². The van der Waals surface area contributed by atoms with Crippen LogP contribution in [0, 0.1) is 11.6 Å². The lowest BCUT2D eigenvalue weighted by Crippen LogP contribution is -2.69. The number of carbonyl (C=O) groups excluding carboxylic acids is 1. The second-order valence-electron chi connectivity index (χ2n) is 8.86. The van der Waals surface area contributed by atoms with Gasteiger partial charge in [-0.25, -0.2) is 8.78 Å². The number of aliphatic hydroxyl groups excluding tert-OH is 1. The molecule has 7 heteroatoms. The molecule has 0 saturated carbocycles. The minimum absolute atomic E-state index is 0.164. The predicted molar refractivity (Wildman–Crippen MR) is 126 cm³/mol. The minimum Gasteiger partial charge on any atom is -0.532 e. The van der Waals surface area contributed by atoms with E-state index in [4.69, 9.17) is 9.16 Å². The van der Waals surface area contributed by atoms with Crippen molar-refractivity contribution in [2.45, 2.75) is 38.8 Å². The van der Waals surface area contributed by atoms with Crippen LogP contribution in [0.2, 0.25) is 5.04 Å². The van der Waals surface area contributed by atoms with Crippen LogP contribution in [0.15, 0.2) is 72.8 Å². The molecule has 174 valence electrons. The molecule has 1 atom stereocenters. The number of rotatable bonds is 7. The number of benzene rings is 3. The largest absolute Gasteiger partial charge is 0.532 e. The smallest absolute Gasteiger partial charge is 0.320 e. The van der Waals surface area contributed by atoms with Crippen LogP contribution < -0.4 is 14.8 Å². The highest BCUT2D eigenvalue weighted by atomic mass is 28.4. The van der Waals surface area contributed by atoms with Gasteiger partial charge in [0.2, 0.25) is 0 Å². The van der Waals surface area contributed by atoms with Crippen molar-refractivity contribution in [3.05, 3.63) is 90.0 Å². The molecule has 0 fully saturated rings. The molecule has 3 rings (SSSR count). The summed E-state index contributed by atoms with van der Waals surface area (Å²) in [5, 5.41) is 11.8. The molecule has 3 aromatic carbocycles. The van der Waals surface area contributed by atoms with Crippen molar-refractivity contribution in [1.29, 1.82) is 0 Å². The monoisotopic (exact) mass is 470 g/mol. The molecule has 0 radical (unpaired) electrons. The fourth-order valence-electron chi connectivity index (χ4n) is 4.03. The SMILES string of the molecule is CC(=O)OCC(O)c1c(F)ccc(O[Si](c2ccccc2)(c2ccccc2)C(C)(C)C)c1F. The average molecular weight is 471 g/mol. The first-order chi connectivity index (χ1) is 15.6. The Morgan fingerprint density at radius 3 is 1.91 bits per heavy atom. The van der Waals surface area contributed by atoms with Crippen molar-refractivity contribution in [1.82, 2.24) is 0 Å². The van der Waals surface area contributed by atoms with Crippen LogP contribution in [0.5, 0.6) is 5.75 Å².